The highest BCUT2D eigenvalue weighted by atomic mass is 32.1. The minimum Gasteiger partial charge on any atom is -0.349 e. The summed E-state index contributed by atoms with van der Waals surface area (Å²) < 4.78 is 0. The first-order valence-electron chi connectivity index (χ1n) is 6.08. The van der Waals surface area contributed by atoms with Crippen LogP contribution in [0.3, 0.4) is 0 Å². The molecule has 5 heteroatoms. The molecule has 0 radical (unpaired) electrons. The van der Waals surface area contributed by atoms with Gasteiger partial charge in [0.2, 0.25) is 0 Å². The highest BCUT2D eigenvalue weighted by Gasteiger charge is 2.30. The Labute approximate surface area is 110 Å². The van der Waals surface area contributed by atoms with Crippen LogP contribution < -0.4 is 16.2 Å². The van der Waals surface area contributed by atoms with Gasteiger partial charge in [-0.3, -0.25) is 0 Å². The first-order chi connectivity index (χ1) is 8.86. The minimum atomic E-state index is 0.630. The lowest BCUT2D eigenvalue weighted by Crippen LogP contribution is -2.26. The average molecular weight is 260 g/mol. The van der Waals surface area contributed by atoms with Crippen LogP contribution in [0.1, 0.15) is 18.4 Å². The number of thiophene rings is 1. The number of pyridine rings is 1. The highest BCUT2D eigenvalue weighted by molar-refractivity contribution is 7.07. The van der Waals surface area contributed by atoms with E-state index in [9.17, 15) is 0 Å². The number of nitrogens with one attached hydrogen (secondary N) is 1. The number of rotatable bonds is 5. The van der Waals surface area contributed by atoms with Crippen molar-refractivity contribution in [2.24, 2.45) is 5.84 Å². The number of nitrogens with two attached hydrogens (primary N) is 1. The van der Waals surface area contributed by atoms with Crippen LogP contribution in [0.5, 0.6) is 0 Å². The topological polar surface area (TPSA) is 54.2 Å². The number of hydrogen-bond acceptors (Lipinski definition) is 5. The van der Waals surface area contributed by atoms with Crippen LogP contribution in [-0.4, -0.2) is 11.0 Å². The highest BCUT2D eigenvalue weighted by Crippen LogP contribution is 2.32. The van der Waals surface area contributed by atoms with E-state index in [1.807, 2.05) is 18.2 Å². The molecule has 2 aromatic heterocycles. The normalized spacial score (nSPS) is 14.5. The van der Waals surface area contributed by atoms with Crippen molar-refractivity contribution in [1.82, 2.24) is 4.98 Å². The van der Waals surface area contributed by atoms with Crippen molar-refractivity contribution in [2.75, 3.05) is 10.3 Å². The second-order valence-electron chi connectivity index (χ2n) is 4.52. The molecule has 3 rings (SSSR count). The van der Waals surface area contributed by atoms with Gasteiger partial charge >= 0.3 is 0 Å². The third kappa shape index (κ3) is 2.47. The van der Waals surface area contributed by atoms with Gasteiger partial charge in [0, 0.05) is 12.6 Å². The molecule has 0 saturated heterocycles. The number of nitrogen functional groups attached to an aromatic ring is 1. The van der Waals surface area contributed by atoms with Gasteiger partial charge in [0.05, 0.1) is 0 Å². The smallest absolute Gasteiger partial charge is 0.142 e. The van der Waals surface area contributed by atoms with E-state index in [1.165, 1.54) is 18.4 Å². The van der Waals surface area contributed by atoms with Crippen LogP contribution in [0.4, 0.5) is 11.6 Å². The van der Waals surface area contributed by atoms with Gasteiger partial charge in [0.1, 0.15) is 11.6 Å². The second kappa shape index (κ2) is 4.96. The Balaban J connectivity index is 1.84. The summed E-state index contributed by atoms with van der Waals surface area (Å²) in [6.45, 7) is 0.926. The molecule has 3 N–H and O–H groups in total. The maximum atomic E-state index is 5.42. The average Bonchev–Trinajstić information content (AvgIpc) is 3.13. The molecule has 1 aliphatic carbocycles. The minimum absolute atomic E-state index is 0.630. The zero-order valence-corrected chi connectivity index (χ0v) is 10.9. The van der Waals surface area contributed by atoms with Gasteiger partial charge in [-0.15, -0.1) is 0 Å². The van der Waals surface area contributed by atoms with Crippen LogP contribution in [0, 0.1) is 0 Å². The predicted molar refractivity (Wildman–Crippen MR) is 75.6 cm³/mol. The Morgan fingerprint density at radius 3 is 2.94 bits per heavy atom. The fraction of sp³-hybridized carbons (Fsp3) is 0.308. The van der Waals surface area contributed by atoms with Crippen molar-refractivity contribution < 1.29 is 0 Å². The Bertz CT molecular complexity index is 507. The van der Waals surface area contributed by atoms with E-state index in [0.29, 0.717) is 11.9 Å². The predicted octanol–water partition coefficient (Wildman–Crippen LogP) is 2.60. The third-order valence-corrected chi connectivity index (χ3v) is 3.83. The molecular formula is C13H16N4S. The lowest BCUT2D eigenvalue weighted by Gasteiger charge is -2.23. The maximum Gasteiger partial charge on any atom is 0.142 e. The molecule has 1 aliphatic rings. The summed E-state index contributed by atoms with van der Waals surface area (Å²) in [5.41, 5.74) is 3.95. The number of aromatic nitrogens is 1. The quantitative estimate of drug-likeness (QED) is 0.641. The summed E-state index contributed by atoms with van der Waals surface area (Å²) in [5.74, 6) is 7.13. The molecule has 0 amide bonds. The second-order valence-corrected chi connectivity index (χ2v) is 5.30. The van der Waals surface area contributed by atoms with E-state index in [-0.39, 0.29) is 0 Å². The summed E-state index contributed by atoms with van der Waals surface area (Å²) in [6, 6.07) is 8.71. The summed E-state index contributed by atoms with van der Waals surface area (Å²) in [7, 11) is 0. The van der Waals surface area contributed by atoms with E-state index in [1.54, 1.807) is 11.3 Å². The van der Waals surface area contributed by atoms with E-state index in [0.717, 1.165) is 12.4 Å². The molecule has 0 aliphatic heterocycles. The fourth-order valence-corrected chi connectivity index (χ4v) is 2.69. The first-order valence-corrected chi connectivity index (χ1v) is 7.02. The molecule has 4 nitrogen and oxygen atoms in total. The van der Waals surface area contributed by atoms with Gasteiger partial charge in [-0.1, -0.05) is 6.07 Å². The van der Waals surface area contributed by atoms with Crippen LogP contribution in [-0.2, 0) is 6.54 Å². The Morgan fingerprint density at radius 1 is 1.39 bits per heavy atom. The standard InChI is InChI=1S/C13H16N4S/c14-16-12-2-1-3-13(15-12)17(11-4-5-11)8-10-6-7-18-9-10/h1-3,6-7,9,11H,4-5,8,14H2,(H,15,16). The first kappa shape index (κ1) is 11.5. The molecule has 2 heterocycles. The summed E-state index contributed by atoms with van der Waals surface area (Å²) in [5, 5.41) is 4.31. The van der Waals surface area contributed by atoms with E-state index in [2.05, 4.69) is 32.1 Å². The SMILES string of the molecule is NNc1cccc(N(Cc2ccsc2)C2CC2)n1. The molecule has 18 heavy (non-hydrogen) atoms. The van der Waals surface area contributed by atoms with Gasteiger partial charge in [-0.25, -0.2) is 10.8 Å². The summed E-state index contributed by atoms with van der Waals surface area (Å²) in [4.78, 5) is 6.89. The third-order valence-electron chi connectivity index (χ3n) is 3.10. The number of nitrogens with zero attached hydrogens (tertiary/aromatic N) is 2. The number of hydrazine groups is 1. The lowest BCUT2D eigenvalue weighted by atomic mass is 10.3. The van der Waals surface area contributed by atoms with Crippen molar-refractivity contribution in [2.45, 2.75) is 25.4 Å². The van der Waals surface area contributed by atoms with Crippen LogP contribution in [0.15, 0.2) is 35.0 Å². The molecule has 0 atom stereocenters. The molecule has 2 aromatic rings. The molecule has 1 saturated carbocycles. The molecule has 0 spiro atoms. The van der Waals surface area contributed by atoms with Gasteiger partial charge in [-0.2, -0.15) is 11.3 Å². The summed E-state index contributed by atoms with van der Waals surface area (Å²) in [6.07, 6.45) is 2.51. The monoisotopic (exact) mass is 260 g/mol. The summed E-state index contributed by atoms with van der Waals surface area (Å²) >= 11 is 1.74. The van der Waals surface area contributed by atoms with Gasteiger partial charge in [-0.05, 0) is 47.4 Å². The molecule has 1 fully saturated rings. The lowest BCUT2D eigenvalue weighted by molar-refractivity contribution is 0.780. The van der Waals surface area contributed by atoms with Gasteiger partial charge < -0.3 is 10.3 Å². The van der Waals surface area contributed by atoms with Crippen LogP contribution in [0.2, 0.25) is 0 Å². The molecular weight excluding hydrogens is 244 g/mol. The number of hydrogen-bond donors (Lipinski definition) is 2. The Kier molecular flexibility index (Phi) is 3.17. The molecule has 0 aromatic carbocycles. The maximum absolute atomic E-state index is 5.42. The van der Waals surface area contributed by atoms with Crippen LogP contribution >= 0.6 is 11.3 Å². The van der Waals surface area contributed by atoms with E-state index in [4.69, 9.17) is 5.84 Å². The number of anilines is 2. The van der Waals surface area contributed by atoms with E-state index < -0.39 is 0 Å². The zero-order valence-electron chi connectivity index (χ0n) is 10.0. The molecule has 0 bridgehead atoms. The Morgan fingerprint density at radius 2 is 2.28 bits per heavy atom. The van der Waals surface area contributed by atoms with Gasteiger partial charge in [0.15, 0.2) is 0 Å². The molecule has 94 valence electrons. The largest absolute Gasteiger partial charge is 0.349 e. The zero-order chi connectivity index (χ0) is 12.4. The molecule has 0 unspecified atom stereocenters. The van der Waals surface area contributed by atoms with Crippen molar-refractivity contribution in [3.8, 4) is 0 Å². The van der Waals surface area contributed by atoms with Gasteiger partial charge in [0.25, 0.3) is 0 Å². The van der Waals surface area contributed by atoms with Crippen LogP contribution in [0.25, 0.3) is 0 Å². The van der Waals surface area contributed by atoms with Crippen molar-refractivity contribution in [3.63, 3.8) is 0 Å². The van der Waals surface area contributed by atoms with E-state index >= 15 is 0 Å². The Hall–Kier alpha value is -1.59. The fourth-order valence-electron chi connectivity index (χ4n) is 2.03. The van der Waals surface area contributed by atoms with Crippen molar-refractivity contribution >= 4 is 23.0 Å². The van der Waals surface area contributed by atoms with Crippen molar-refractivity contribution in [3.05, 3.63) is 40.6 Å². The van der Waals surface area contributed by atoms with Crippen molar-refractivity contribution in [1.29, 1.82) is 0 Å².